The van der Waals surface area contributed by atoms with E-state index in [0.29, 0.717) is 16.5 Å². The molecule has 2 aromatic heterocycles. The van der Waals surface area contributed by atoms with Gasteiger partial charge in [0.15, 0.2) is 16.5 Å². The molecule has 136 valence electrons. The van der Waals surface area contributed by atoms with Gasteiger partial charge in [0.2, 0.25) is 0 Å². The lowest BCUT2D eigenvalue weighted by Crippen LogP contribution is -2.10. The van der Waals surface area contributed by atoms with Gasteiger partial charge in [-0.25, -0.2) is 4.98 Å². The minimum absolute atomic E-state index is 0.0131. The lowest BCUT2D eigenvalue weighted by molar-refractivity contribution is -0.0498. The van der Waals surface area contributed by atoms with Crippen molar-refractivity contribution in [3.8, 4) is 16.5 Å². The fourth-order valence-electron chi connectivity index (χ4n) is 2.46. The summed E-state index contributed by atoms with van der Waals surface area (Å²) in [4.78, 5) is 16.8. The molecule has 0 aliphatic carbocycles. The van der Waals surface area contributed by atoms with Gasteiger partial charge < -0.3 is 14.5 Å². The molecule has 0 aliphatic rings. The zero-order valence-corrected chi connectivity index (χ0v) is 14.5. The first-order chi connectivity index (χ1) is 13.1. The number of aromatic nitrogens is 1. The fourth-order valence-corrected chi connectivity index (χ4v) is 3.39. The molecule has 0 bridgehead atoms. The van der Waals surface area contributed by atoms with Crippen molar-refractivity contribution in [2.24, 2.45) is 0 Å². The first kappa shape index (κ1) is 17.2. The van der Waals surface area contributed by atoms with Gasteiger partial charge in [0.1, 0.15) is 5.75 Å². The van der Waals surface area contributed by atoms with Crippen LogP contribution in [0.1, 0.15) is 10.6 Å². The topological polar surface area (TPSA) is 64.4 Å². The highest BCUT2D eigenvalue weighted by atomic mass is 32.1. The summed E-state index contributed by atoms with van der Waals surface area (Å²) >= 11 is 1.47. The van der Waals surface area contributed by atoms with Crippen LogP contribution in [0, 0.1) is 0 Å². The van der Waals surface area contributed by atoms with Crippen molar-refractivity contribution < 1.29 is 22.7 Å². The summed E-state index contributed by atoms with van der Waals surface area (Å²) in [6, 6.07) is 16.6. The highest BCUT2D eigenvalue weighted by molar-refractivity contribution is 7.21. The van der Waals surface area contributed by atoms with Crippen LogP contribution in [0.25, 0.3) is 21.0 Å². The van der Waals surface area contributed by atoms with E-state index >= 15 is 0 Å². The summed E-state index contributed by atoms with van der Waals surface area (Å²) < 4.78 is 35.2. The molecule has 1 amide bonds. The molecular formula is C19H12F2N2O3S. The third kappa shape index (κ3) is 3.80. The van der Waals surface area contributed by atoms with Crippen molar-refractivity contribution in [1.29, 1.82) is 0 Å². The molecule has 4 aromatic rings. The SMILES string of the molecule is O=C(Nc1ccc(OC(F)F)cc1)c1ccc(-c2nc3ccccc3s2)o1. The normalized spacial score (nSPS) is 11.1. The number of furan rings is 1. The maximum absolute atomic E-state index is 12.3. The number of fused-ring (bicyclic) bond motifs is 1. The van der Waals surface area contributed by atoms with Gasteiger partial charge in [-0.3, -0.25) is 4.79 Å². The number of thiazole rings is 1. The summed E-state index contributed by atoms with van der Waals surface area (Å²) in [7, 11) is 0. The molecule has 8 heteroatoms. The van der Waals surface area contributed by atoms with Crippen molar-refractivity contribution in [1.82, 2.24) is 4.98 Å². The van der Waals surface area contributed by atoms with Crippen LogP contribution >= 0.6 is 11.3 Å². The van der Waals surface area contributed by atoms with E-state index in [9.17, 15) is 13.6 Å². The van der Waals surface area contributed by atoms with Crippen molar-refractivity contribution in [2.45, 2.75) is 6.61 Å². The van der Waals surface area contributed by atoms with E-state index < -0.39 is 12.5 Å². The summed E-state index contributed by atoms with van der Waals surface area (Å²) in [5.74, 6) is 0.184. The van der Waals surface area contributed by atoms with E-state index in [1.54, 1.807) is 12.1 Å². The first-order valence-electron chi connectivity index (χ1n) is 7.90. The zero-order valence-electron chi connectivity index (χ0n) is 13.7. The number of hydrogen-bond donors (Lipinski definition) is 1. The summed E-state index contributed by atoms with van der Waals surface area (Å²) in [6.07, 6.45) is 0. The number of ether oxygens (including phenoxy) is 1. The second-order valence-electron chi connectivity index (χ2n) is 5.51. The van der Waals surface area contributed by atoms with Crippen LogP contribution in [0.5, 0.6) is 5.75 Å². The second-order valence-corrected chi connectivity index (χ2v) is 6.54. The first-order valence-corrected chi connectivity index (χ1v) is 8.72. The Kier molecular flexibility index (Phi) is 4.55. The Balaban J connectivity index is 1.48. The predicted molar refractivity (Wildman–Crippen MR) is 98.3 cm³/mol. The van der Waals surface area contributed by atoms with Gasteiger partial charge in [-0.15, -0.1) is 11.3 Å². The Labute approximate surface area is 156 Å². The molecule has 0 aliphatic heterocycles. The largest absolute Gasteiger partial charge is 0.448 e. The number of halogens is 2. The number of nitrogens with zero attached hydrogens (tertiary/aromatic N) is 1. The average molecular weight is 386 g/mol. The van der Waals surface area contributed by atoms with Crippen LogP contribution in [-0.4, -0.2) is 17.5 Å². The van der Waals surface area contributed by atoms with E-state index in [1.807, 2.05) is 24.3 Å². The molecule has 0 saturated carbocycles. The summed E-state index contributed by atoms with van der Waals surface area (Å²) in [5.41, 5.74) is 1.30. The summed E-state index contributed by atoms with van der Waals surface area (Å²) in [5, 5.41) is 3.32. The number of amides is 1. The number of nitrogens with one attached hydrogen (secondary N) is 1. The average Bonchev–Trinajstić information content (AvgIpc) is 3.29. The molecule has 5 nitrogen and oxygen atoms in total. The zero-order chi connectivity index (χ0) is 18.8. The Hall–Kier alpha value is -3.26. The van der Waals surface area contributed by atoms with Crippen LogP contribution in [-0.2, 0) is 0 Å². The standard InChI is InChI=1S/C19H12F2N2O3S/c20-19(21)25-12-7-5-11(6-8-12)22-17(24)14-9-10-15(26-14)18-23-13-3-1-2-4-16(13)27-18/h1-10,19H,(H,22,24). The molecule has 0 fully saturated rings. The predicted octanol–water partition coefficient (Wildman–Crippen LogP) is 5.41. The monoisotopic (exact) mass is 386 g/mol. The number of carbonyl (C=O) groups excluding carboxylic acids is 1. The molecule has 0 saturated heterocycles. The number of rotatable bonds is 5. The maximum Gasteiger partial charge on any atom is 0.387 e. The molecule has 0 radical (unpaired) electrons. The third-order valence-corrected chi connectivity index (χ3v) is 4.72. The van der Waals surface area contributed by atoms with Gasteiger partial charge >= 0.3 is 6.61 Å². The van der Waals surface area contributed by atoms with Gasteiger partial charge in [-0.05, 0) is 48.5 Å². The third-order valence-electron chi connectivity index (χ3n) is 3.67. The maximum atomic E-state index is 12.3. The molecule has 27 heavy (non-hydrogen) atoms. The van der Waals surface area contributed by atoms with Gasteiger partial charge in [-0.1, -0.05) is 12.1 Å². The lowest BCUT2D eigenvalue weighted by atomic mass is 10.3. The van der Waals surface area contributed by atoms with Crippen molar-refractivity contribution in [2.75, 3.05) is 5.32 Å². The van der Waals surface area contributed by atoms with Crippen LogP contribution in [0.3, 0.4) is 0 Å². The number of para-hydroxylation sites is 1. The van der Waals surface area contributed by atoms with Crippen molar-refractivity contribution >= 4 is 33.1 Å². The minimum Gasteiger partial charge on any atom is -0.448 e. The molecule has 0 atom stereocenters. The Morgan fingerprint density at radius 1 is 1.07 bits per heavy atom. The van der Waals surface area contributed by atoms with E-state index in [1.165, 1.54) is 35.6 Å². The van der Waals surface area contributed by atoms with Crippen LogP contribution in [0.4, 0.5) is 14.5 Å². The molecule has 4 rings (SSSR count). The number of hydrogen-bond acceptors (Lipinski definition) is 5. The Bertz CT molecular complexity index is 1060. The number of alkyl halides is 2. The Morgan fingerprint density at radius 3 is 2.59 bits per heavy atom. The van der Waals surface area contributed by atoms with Gasteiger partial charge in [0, 0.05) is 5.69 Å². The fraction of sp³-hybridized carbons (Fsp3) is 0.0526. The molecule has 0 spiro atoms. The number of anilines is 1. The van der Waals surface area contributed by atoms with E-state index in [2.05, 4.69) is 15.0 Å². The molecule has 0 unspecified atom stereocenters. The van der Waals surface area contributed by atoms with Gasteiger partial charge in [-0.2, -0.15) is 8.78 Å². The second kappa shape index (κ2) is 7.16. The van der Waals surface area contributed by atoms with E-state index in [0.717, 1.165) is 10.2 Å². The van der Waals surface area contributed by atoms with Crippen molar-refractivity contribution in [3.05, 3.63) is 66.4 Å². The molecule has 2 heterocycles. The summed E-state index contributed by atoms with van der Waals surface area (Å²) in [6.45, 7) is -2.89. The van der Waals surface area contributed by atoms with Crippen LogP contribution in [0.2, 0.25) is 0 Å². The van der Waals surface area contributed by atoms with Gasteiger partial charge in [0.25, 0.3) is 5.91 Å². The van der Waals surface area contributed by atoms with Crippen LogP contribution < -0.4 is 10.1 Å². The molecule has 2 aromatic carbocycles. The highest BCUT2D eigenvalue weighted by Crippen LogP contribution is 2.31. The smallest absolute Gasteiger partial charge is 0.387 e. The molecule has 1 N–H and O–H groups in total. The van der Waals surface area contributed by atoms with E-state index in [-0.39, 0.29) is 11.5 Å². The quantitative estimate of drug-likeness (QED) is 0.498. The Morgan fingerprint density at radius 2 is 1.85 bits per heavy atom. The van der Waals surface area contributed by atoms with Crippen LogP contribution in [0.15, 0.2) is 65.1 Å². The van der Waals surface area contributed by atoms with E-state index in [4.69, 9.17) is 4.42 Å². The number of carbonyl (C=O) groups is 1. The van der Waals surface area contributed by atoms with Crippen molar-refractivity contribution in [3.63, 3.8) is 0 Å². The molecular weight excluding hydrogens is 374 g/mol. The highest BCUT2D eigenvalue weighted by Gasteiger charge is 2.15. The number of benzene rings is 2. The lowest BCUT2D eigenvalue weighted by Gasteiger charge is -2.06. The van der Waals surface area contributed by atoms with Gasteiger partial charge in [0.05, 0.1) is 10.2 Å². The minimum atomic E-state index is -2.89.